The fraction of sp³-hybridized carbons (Fsp3) is 0.0192. The molecule has 8 aromatic carbocycles. The molecule has 56 heavy (non-hydrogen) atoms. The molecule has 0 bridgehead atoms. The van der Waals surface area contributed by atoms with Crippen molar-refractivity contribution in [1.82, 2.24) is 15.0 Å². The second-order valence-electron chi connectivity index (χ2n) is 14.4. The molecule has 0 saturated carbocycles. The number of furan rings is 1. The van der Waals surface area contributed by atoms with E-state index in [4.69, 9.17) is 19.4 Å². The van der Waals surface area contributed by atoms with Gasteiger partial charge >= 0.3 is 0 Å². The minimum Gasteiger partial charge on any atom is -0.456 e. The Hall–Kier alpha value is -7.43. The minimum absolute atomic E-state index is 0.483. The molecule has 0 saturated heterocycles. The van der Waals surface area contributed by atoms with E-state index in [0.717, 1.165) is 49.8 Å². The van der Waals surface area contributed by atoms with E-state index >= 15 is 0 Å². The lowest BCUT2D eigenvalue weighted by atomic mass is 9.67. The minimum atomic E-state index is -0.483. The van der Waals surface area contributed by atoms with Crippen LogP contribution in [0.5, 0.6) is 0 Å². The SMILES string of the molecule is c1ccc(-c2nc(-c3ccccc3)nc(-c3cccc(-c4ccc5c(c4)oc4cc(C6(c7ccccc7)c7ccccc7-c7ccccc76)ccc45)c3)n2)cc1. The van der Waals surface area contributed by atoms with Crippen molar-refractivity contribution in [3.05, 3.63) is 222 Å². The molecule has 0 amide bonds. The first-order chi connectivity index (χ1) is 27.7. The third-order valence-corrected chi connectivity index (χ3v) is 11.2. The highest BCUT2D eigenvalue weighted by Gasteiger charge is 2.46. The number of rotatable bonds is 6. The van der Waals surface area contributed by atoms with Gasteiger partial charge in [-0.3, -0.25) is 0 Å². The van der Waals surface area contributed by atoms with E-state index in [1.165, 1.54) is 33.4 Å². The number of aromatic nitrogens is 3. The maximum atomic E-state index is 6.78. The predicted molar refractivity (Wildman–Crippen MR) is 226 cm³/mol. The van der Waals surface area contributed by atoms with Gasteiger partial charge in [-0.05, 0) is 68.8 Å². The van der Waals surface area contributed by atoms with Gasteiger partial charge in [0.25, 0.3) is 0 Å². The highest BCUT2D eigenvalue weighted by Crippen LogP contribution is 2.56. The first-order valence-electron chi connectivity index (χ1n) is 18.9. The second kappa shape index (κ2) is 12.9. The van der Waals surface area contributed by atoms with Gasteiger partial charge in [-0.1, -0.05) is 176 Å². The summed E-state index contributed by atoms with van der Waals surface area (Å²) in [5, 5.41) is 2.18. The number of benzene rings is 8. The van der Waals surface area contributed by atoms with Crippen LogP contribution in [0.15, 0.2) is 205 Å². The molecule has 0 N–H and O–H groups in total. The molecular formula is C52H33N3O. The first-order valence-corrected chi connectivity index (χ1v) is 18.9. The standard InChI is InChI=1S/C52H33N3O/c1-4-15-34(16-5-1)49-53-50(35-17-6-2-7-18-35)55-51(54-49)38-20-14-19-36(31-38)37-27-29-43-44-30-28-40(33-48(44)56-47(43)32-37)52(39-21-8-3-9-22-39)45-25-12-10-23-41(45)42-24-11-13-26-46(42)52/h1-33H. The van der Waals surface area contributed by atoms with E-state index in [9.17, 15) is 0 Å². The van der Waals surface area contributed by atoms with Crippen LogP contribution in [0.1, 0.15) is 22.3 Å². The molecule has 0 aliphatic heterocycles. The second-order valence-corrected chi connectivity index (χ2v) is 14.4. The van der Waals surface area contributed by atoms with Crippen LogP contribution in [0.2, 0.25) is 0 Å². The van der Waals surface area contributed by atoms with Crippen LogP contribution in [0.4, 0.5) is 0 Å². The topological polar surface area (TPSA) is 51.8 Å². The Morgan fingerprint density at radius 3 is 1.41 bits per heavy atom. The Morgan fingerprint density at radius 1 is 0.321 bits per heavy atom. The molecule has 4 heteroatoms. The lowest BCUT2D eigenvalue weighted by molar-refractivity contribution is 0.666. The van der Waals surface area contributed by atoms with Gasteiger partial charge in [0.05, 0.1) is 5.41 Å². The van der Waals surface area contributed by atoms with Gasteiger partial charge in [-0.25, -0.2) is 15.0 Å². The normalized spacial score (nSPS) is 12.8. The van der Waals surface area contributed by atoms with Gasteiger partial charge in [-0.15, -0.1) is 0 Å². The number of hydrogen-bond acceptors (Lipinski definition) is 4. The molecule has 11 rings (SSSR count). The molecule has 2 heterocycles. The van der Waals surface area contributed by atoms with Crippen molar-refractivity contribution in [2.75, 3.05) is 0 Å². The molecular weight excluding hydrogens is 683 g/mol. The summed E-state index contributed by atoms with van der Waals surface area (Å²) in [6, 6.07) is 70.4. The molecule has 10 aromatic rings. The van der Waals surface area contributed by atoms with Gasteiger partial charge in [-0.2, -0.15) is 0 Å². The number of fused-ring (bicyclic) bond motifs is 6. The van der Waals surface area contributed by atoms with Crippen molar-refractivity contribution >= 4 is 21.9 Å². The van der Waals surface area contributed by atoms with E-state index in [-0.39, 0.29) is 0 Å². The fourth-order valence-electron chi connectivity index (χ4n) is 8.68. The van der Waals surface area contributed by atoms with Gasteiger partial charge in [0.2, 0.25) is 0 Å². The quantitative estimate of drug-likeness (QED) is 0.172. The summed E-state index contributed by atoms with van der Waals surface area (Å²) in [4.78, 5) is 14.8. The Labute approximate surface area is 324 Å². The van der Waals surface area contributed by atoms with E-state index in [1.54, 1.807) is 0 Å². The summed E-state index contributed by atoms with van der Waals surface area (Å²) in [6.45, 7) is 0. The van der Waals surface area contributed by atoms with Gasteiger partial charge in [0, 0.05) is 27.5 Å². The molecule has 0 fully saturated rings. The molecule has 1 aliphatic carbocycles. The summed E-state index contributed by atoms with van der Waals surface area (Å²) >= 11 is 0. The number of nitrogens with zero attached hydrogens (tertiary/aromatic N) is 3. The Bertz CT molecular complexity index is 2980. The summed E-state index contributed by atoms with van der Waals surface area (Å²) < 4.78 is 6.78. The zero-order valence-electron chi connectivity index (χ0n) is 30.3. The molecule has 262 valence electrons. The average molecular weight is 716 g/mol. The van der Waals surface area contributed by atoms with Crippen LogP contribution in [0.25, 0.3) is 78.4 Å². The highest BCUT2D eigenvalue weighted by molar-refractivity contribution is 6.06. The summed E-state index contributed by atoms with van der Waals surface area (Å²) in [5.41, 5.74) is 13.7. The van der Waals surface area contributed by atoms with Crippen LogP contribution < -0.4 is 0 Å². The molecule has 4 nitrogen and oxygen atoms in total. The van der Waals surface area contributed by atoms with Gasteiger partial charge in [0.15, 0.2) is 17.5 Å². The van der Waals surface area contributed by atoms with Crippen molar-refractivity contribution in [3.63, 3.8) is 0 Å². The fourth-order valence-corrected chi connectivity index (χ4v) is 8.68. The molecule has 0 atom stereocenters. The molecule has 0 spiro atoms. The van der Waals surface area contributed by atoms with Gasteiger partial charge in [0.1, 0.15) is 11.2 Å². The van der Waals surface area contributed by atoms with Crippen LogP contribution in [-0.4, -0.2) is 15.0 Å². The van der Waals surface area contributed by atoms with Crippen molar-refractivity contribution in [1.29, 1.82) is 0 Å². The monoisotopic (exact) mass is 715 g/mol. The van der Waals surface area contributed by atoms with E-state index in [1.807, 2.05) is 60.7 Å². The smallest absolute Gasteiger partial charge is 0.164 e. The Morgan fingerprint density at radius 2 is 0.786 bits per heavy atom. The predicted octanol–water partition coefficient (Wildman–Crippen LogP) is 12.8. The third kappa shape index (κ3) is 5.04. The lowest BCUT2D eigenvalue weighted by Gasteiger charge is -2.33. The van der Waals surface area contributed by atoms with Crippen molar-refractivity contribution in [3.8, 4) is 56.4 Å². The van der Waals surface area contributed by atoms with Crippen LogP contribution in [0.3, 0.4) is 0 Å². The molecule has 0 radical (unpaired) electrons. The Balaban J connectivity index is 1.02. The zero-order chi connectivity index (χ0) is 37.1. The van der Waals surface area contributed by atoms with Crippen LogP contribution in [-0.2, 0) is 5.41 Å². The van der Waals surface area contributed by atoms with E-state index in [0.29, 0.717) is 17.5 Å². The maximum Gasteiger partial charge on any atom is 0.164 e. The third-order valence-electron chi connectivity index (χ3n) is 11.2. The van der Waals surface area contributed by atoms with Crippen molar-refractivity contribution in [2.24, 2.45) is 0 Å². The van der Waals surface area contributed by atoms with Gasteiger partial charge < -0.3 is 4.42 Å². The molecule has 2 aromatic heterocycles. The maximum absolute atomic E-state index is 6.78. The number of hydrogen-bond donors (Lipinski definition) is 0. The average Bonchev–Trinajstić information content (AvgIpc) is 3.80. The Kier molecular flexibility index (Phi) is 7.36. The zero-order valence-corrected chi connectivity index (χ0v) is 30.3. The van der Waals surface area contributed by atoms with Crippen LogP contribution in [0, 0.1) is 0 Å². The largest absolute Gasteiger partial charge is 0.456 e. The van der Waals surface area contributed by atoms with E-state index in [2.05, 4.69) is 140 Å². The summed E-state index contributed by atoms with van der Waals surface area (Å²) in [7, 11) is 0. The van der Waals surface area contributed by atoms with Crippen molar-refractivity contribution in [2.45, 2.75) is 5.41 Å². The lowest BCUT2D eigenvalue weighted by Crippen LogP contribution is -2.28. The van der Waals surface area contributed by atoms with E-state index < -0.39 is 5.41 Å². The van der Waals surface area contributed by atoms with Crippen LogP contribution >= 0.6 is 0 Å². The highest BCUT2D eigenvalue weighted by atomic mass is 16.3. The van der Waals surface area contributed by atoms with Crippen molar-refractivity contribution < 1.29 is 4.42 Å². The summed E-state index contributed by atoms with van der Waals surface area (Å²) in [5.74, 6) is 1.90. The molecule has 1 aliphatic rings. The first kappa shape index (κ1) is 32.0. The summed E-state index contributed by atoms with van der Waals surface area (Å²) in [6.07, 6.45) is 0. The molecule has 0 unspecified atom stereocenters.